The van der Waals surface area contributed by atoms with Gasteiger partial charge in [-0.25, -0.2) is 0 Å². The summed E-state index contributed by atoms with van der Waals surface area (Å²) in [5.41, 5.74) is 1.25. The highest BCUT2D eigenvalue weighted by Crippen LogP contribution is 2.18. The smallest absolute Gasteiger partial charge is 0.0786 e. The predicted octanol–water partition coefficient (Wildman–Crippen LogP) is 1.50. The molecule has 0 amide bonds. The van der Waals surface area contributed by atoms with Crippen LogP contribution in [0.15, 0.2) is 23.8 Å². The molecule has 1 nitrogen and oxygen atoms in total. The monoisotopic (exact) mass is 124 g/mol. The van der Waals surface area contributed by atoms with Gasteiger partial charge in [0.05, 0.1) is 6.10 Å². The van der Waals surface area contributed by atoms with Crippen molar-refractivity contribution in [3.63, 3.8) is 0 Å². The van der Waals surface area contributed by atoms with Crippen molar-refractivity contribution in [3.05, 3.63) is 23.8 Å². The van der Waals surface area contributed by atoms with Gasteiger partial charge in [0.2, 0.25) is 0 Å². The molecule has 0 aromatic rings. The molecular weight excluding hydrogens is 112 g/mol. The summed E-state index contributed by atoms with van der Waals surface area (Å²) in [6, 6.07) is 0. The molecule has 9 heavy (non-hydrogen) atoms. The van der Waals surface area contributed by atoms with Crippen LogP contribution >= 0.6 is 0 Å². The molecule has 50 valence electrons. The first-order valence-corrected chi connectivity index (χ1v) is 3.25. The van der Waals surface area contributed by atoms with E-state index < -0.39 is 0 Å². The van der Waals surface area contributed by atoms with Crippen LogP contribution < -0.4 is 0 Å². The fourth-order valence-corrected chi connectivity index (χ4v) is 0.909. The average molecular weight is 124 g/mol. The first-order valence-electron chi connectivity index (χ1n) is 3.25. The maximum atomic E-state index is 9.22. The Morgan fingerprint density at radius 3 is 2.67 bits per heavy atom. The molecule has 0 heterocycles. The summed E-state index contributed by atoms with van der Waals surface area (Å²) in [4.78, 5) is 0. The van der Waals surface area contributed by atoms with Crippen molar-refractivity contribution in [1.82, 2.24) is 0 Å². The number of rotatable bonds is 0. The van der Waals surface area contributed by atoms with Gasteiger partial charge in [-0.2, -0.15) is 0 Å². The van der Waals surface area contributed by atoms with E-state index in [9.17, 15) is 5.11 Å². The lowest BCUT2D eigenvalue weighted by atomic mass is 9.92. The van der Waals surface area contributed by atoms with Crippen molar-refractivity contribution in [1.29, 1.82) is 0 Å². The Labute approximate surface area is 55.7 Å². The predicted molar refractivity (Wildman–Crippen MR) is 38.1 cm³/mol. The summed E-state index contributed by atoms with van der Waals surface area (Å²) >= 11 is 0. The average Bonchev–Trinajstić information content (AvgIpc) is 1.83. The highest BCUT2D eigenvalue weighted by Gasteiger charge is 2.14. The molecule has 0 saturated carbocycles. The first-order chi connectivity index (χ1) is 4.22. The van der Waals surface area contributed by atoms with Crippen LogP contribution in [0.2, 0.25) is 0 Å². The summed E-state index contributed by atoms with van der Waals surface area (Å²) in [6.45, 7) is 4.07. The van der Waals surface area contributed by atoms with Crippen molar-refractivity contribution in [2.75, 3.05) is 0 Å². The molecule has 1 rings (SSSR count). The summed E-state index contributed by atoms with van der Waals surface area (Å²) in [5.74, 6) is 0.301. The molecule has 2 unspecified atom stereocenters. The summed E-state index contributed by atoms with van der Waals surface area (Å²) in [5, 5.41) is 9.22. The minimum atomic E-state index is -0.269. The maximum absolute atomic E-state index is 9.22. The van der Waals surface area contributed by atoms with Crippen molar-refractivity contribution >= 4 is 0 Å². The molecule has 0 spiro atoms. The molecule has 0 bridgehead atoms. The third-order valence-electron chi connectivity index (χ3n) is 1.90. The van der Waals surface area contributed by atoms with Crippen molar-refractivity contribution < 1.29 is 5.11 Å². The second kappa shape index (κ2) is 2.36. The molecular formula is C8H12O. The maximum Gasteiger partial charge on any atom is 0.0786 e. The van der Waals surface area contributed by atoms with E-state index in [-0.39, 0.29) is 6.10 Å². The Hall–Kier alpha value is -0.560. The van der Waals surface area contributed by atoms with Crippen LogP contribution in [0.3, 0.4) is 0 Å². The highest BCUT2D eigenvalue weighted by molar-refractivity contribution is 5.21. The van der Waals surface area contributed by atoms with Gasteiger partial charge < -0.3 is 5.11 Å². The largest absolute Gasteiger partial charge is 0.388 e. The molecule has 0 aromatic heterocycles. The highest BCUT2D eigenvalue weighted by atomic mass is 16.3. The summed E-state index contributed by atoms with van der Waals surface area (Å²) in [7, 11) is 0. The third-order valence-corrected chi connectivity index (χ3v) is 1.90. The Kier molecular flexibility index (Phi) is 1.72. The van der Waals surface area contributed by atoms with E-state index in [2.05, 4.69) is 0 Å². The van der Waals surface area contributed by atoms with Crippen LogP contribution in [0.4, 0.5) is 0 Å². The van der Waals surface area contributed by atoms with Gasteiger partial charge in [-0.3, -0.25) is 0 Å². The molecule has 0 saturated heterocycles. The van der Waals surface area contributed by atoms with Gasteiger partial charge in [-0.15, -0.1) is 0 Å². The second-order valence-electron chi connectivity index (χ2n) is 2.57. The summed E-state index contributed by atoms with van der Waals surface area (Å²) < 4.78 is 0. The van der Waals surface area contributed by atoms with E-state index in [0.717, 1.165) is 0 Å². The van der Waals surface area contributed by atoms with E-state index in [1.807, 2.05) is 32.1 Å². The van der Waals surface area contributed by atoms with Crippen molar-refractivity contribution in [2.45, 2.75) is 20.0 Å². The second-order valence-corrected chi connectivity index (χ2v) is 2.57. The molecule has 1 N–H and O–H groups in total. The van der Waals surface area contributed by atoms with Gasteiger partial charge in [0.1, 0.15) is 0 Å². The topological polar surface area (TPSA) is 20.2 Å². The van der Waals surface area contributed by atoms with Crippen LogP contribution in [0.25, 0.3) is 0 Å². The number of aliphatic hydroxyl groups is 1. The van der Waals surface area contributed by atoms with E-state index in [0.29, 0.717) is 5.92 Å². The van der Waals surface area contributed by atoms with E-state index in [4.69, 9.17) is 0 Å². The van der Waals surface area contributed by atoms with Gasteiger partial charge in [-0.05, 0) is 6.92 Å². The molecule has 0 aromatic carbocycles. The van der Waals surface area contributed by atoms with Gasteiger partial charge in [0.15, 0.2) is 0 Å². The number of hydrogen-bond donors (Lipinski definition) is 1. The number of aliphatic hydroxyl groups excluding tert-OH is 1. The van der Waals surface area contributed by atoms with Crippen LogP contribution in [0.5, 0.6) is 0 Å². The lowest BCUT2D eigenvalue weighted by Crippen LogP contribution is -2.17. The Bertz CT molecular complexity index is 156. The normalized spacial score (nSPS) is 34.3. The molecule has 0 fully saturated rings. The van der Waals surface area contributed by atoms with Crippen LogP contribution in [-0.4, -0.2) is 11.2 Å². The fourth-order valence-electron chi connectivity index (χ4n) is 0.909. The molecule has 1 heteroatoms. The van der Waals surface area contributed by atoms with E-state index in [1.165, 1.54) is 5.57 Å². The van der Waals surface area contributed by atoms with E-state index in [1.54, 1.807) is 0 Å². The molecule has 1 aliphatic carbocycles. The van der Waals surface area contributed by atoms with Gasteiger partial charge in [0, 0.05) is 5.92 Å². The Balaban J connectivity index is 2.73. The van der Waals surface area contributed by atoms with E-state index >= 15 is 0 Å². The fraction of sp³-hybridized carbons (Fsp3) is 0.500. The lowest BCUT2D eigenvalue weighted by Gasteiger charge is -2.18. The van der Waals surface area contributed by atoms with Crippen molar-refractivity contribution in [3.8, 4) is 0 Å². The SMILES string of the molecule is CC1=CC=CC(O)C1C. The molecule has 0 radical (unpaired) electrons. The molecule has 1 aliphatic rings. The number of hydrogen-bond acceptors (Lipinski definition) is 1. The molecule has 0 aliphatic heterocycles. The zero-order chi connectivity index (χ0) is 6.85. The Morgan fingerprint density at radius 2 is 2.22 bits per heavy atom. The Morgan fingerprint density at radius 1 is 1.56 bits per heavy atom. The van der Waals surface area contributed by atoms with Crippen LogP contribution in [0, 0.1) is 5.92 Å². The zero-order valence-corrected chi connectivity index (χ0v) is 5.83. The zero-order valence-electron chi connectivity index (χ0n) is 5.83. The molecule has 2 atom stereocenters. The quantitative estimate of drug-likeness (QED) is 0.519. The van der Waals surface area contributed by atoms with Crippen molar-refractivity contribution in [2.24, 2.45) is 5.92 Å². The minimum absolute atomic E-state index is 0.269. The lowest BCUT2D eigenvalue weighted by molar-refractivity contribution is 0.178. The van der Waals surface area contributed by atoms with Gasteiger partial charge >= 0.3 is 0 Å². The first kappa shape index (κ1) is 6.56. The van der Waals surface area contributed by atoms with Crippen LogP contribution in [0.1, 0.15) is 13.8 Å². The minimum Gasteiger partial charge on any atom is -0.388 e. The van der Waals surface area contributed by atoms with Crippen LogP contribution in [-0.2, 0) is 0 Å². The summed E-state index contributed by atoms with van der Waals surface area (Å²) in [6.07, 6.45) is 5.49. The van der Waals surface area contributed by atoms with Gasteiger partial charge in [-0.1, -0.05) is 30.7 Å². The standard InChI is InChI=1S/C8H12O/c1-6-4-3-5-8(9)7(6)2/h3-5,7-9H,1-2H3. The number of allylic oxidation sites excluding steroid dienone is 2. The third kappa shape index (κ3) is 1.22. The van der Waals surface area contributed by atoms with Gasteiger partial charge in [0.25, 0.3) is 0 Å².